The summed E-state index contributed by atoms with van der Waals surface area (Å²) in [5, 5.41) is 3.85. The molecule has 0 unspecified atom stereocenters. The minimum atomic E-state index is -3.67. The fraction of sp³-hybridized carbons (Fsp3) is 0.897. The third-order valence-electron chi connectivity index (χ3n) is 11.4. The smallest absolute Gasteiger partial charge is 0.261 e. The van der Waals surface area contributed by atoms with Crippen LogP contribution in [0.1, 0.15) is 91.9 Å². The largest absolute Gasteiger partial charge is 0.369 e. The molecule has 0 aromatic heterocycles. The number of hydrogen-bond donors (Lipinski definition) is 2. The fourth-order valence-electron chi connectivity index (χ4n) is 9.61. The second-order valence-electron chi connectivity index (χ2n) is 13.6. The Balaban J connectivity index is 0.000000489. The van der Waals surface area contributed by atoms with Gasteiger partial charge in [0.15, 0.2) is 0 Å². The molecule has 5 fully saturated rings. The lowest BCUT2D eigenvalue weighted by molar-refractivity contribution is -0.129. The summed E-state index contributed by atoms with van der Waals surface area (Å²) >= 11 is 0. The second-order valence-corrected chi connectivity index (χ2v) is 15.1. The minimum Gasteiger partial charge on any atom is -0.369 e. The molecule has 2 saturated heterocycles. The van der Waals surface area contributed by atoms with Gasteiger partial charge in [-0.25, -0.2) is 0 Å². The van der Waals surface area contributed by atoms with Gasteiger partial charge in [-0.3, -0.25) is 9.35 Å². The zero-order valence-corrected chi connectivity index (χ0v) is 23.7. The number of hydrogen-bond acceptors (Lipinski definition) is 5. The molecule has 6 rings (SSSR count). The lowest BCUT2D eigenvalue weighted by Crippen LogP contribution is -2.48. The molecule has 0 amide bonds. The van der Waals surface area contributed by atoms with Crippen LogP contribution in [0.4, 0.5) is 0 Å². The zero-order valence-electron chi connectivity index (χ0n) is 22.9. The van der Waals surface area contributed by atoms with Crippen molar-refractivity contribution in [3.8, 4) is 0 Å². The molecule has 0 radical (unpaired) electrons. The number of ether oxygens (including phenoxy) is 1. The van der Waals surface area contributed by atoms with Crippen LogP contribution in [-0.2, 0) is 19.6 Å². The quantitative estimate of drug-likeness (QED) is 0.337. The average molecular weight is 522 g/mol. The summed E-state index contributed by atoms with van der Waals surface area (Å²) in [4.78, 5) is 12.2. The summed E-state index contributed by atoms with van der Waals surface area (Å²) < 4.78 is 32.9. The van der Waals surface area contributed by atoms with Crippen molar-refractivity contribution in [2.75, 3.05) is 12.8 Å². The predicted molar refractivity (Wildman–Crippen MR) is 141 cm³/mol. The van der Waals surface area contributed by atoms with Gasteiger partial charge in [-0.2, -0.15) is 8.42 Å². The van der Waals surface area contributed by atoms with Crippen LogP contribution in [0.3, 0.4) is 0 Å². The number of ketones is 1. The van der Waals surface area contributed by atoms with Gasteiger partial charge >= 0.3 is 0 Å². The van der Waals surface area contributed by atoms with E-state index in [1.165, 1.54) is 38.5 Å². The molecule has 0 bridgehead atoms. The number of carbonyl (C=O) groups excluding carboxylic acids is 1. The molecule has 204 valence electrons. The van der Waals surface area contributed by atoms with Crippen LogP contribution >= 0.6 is 0 Å². The fourth-order valence-corrected chi connectivity index (χ4v) is 9.61. The lowest BCUT2D eigenvalue weighted by atomic mass is 9.52. The van der Waals surface area contributed by atoms with Crippen LogP contribution in [0.2, 0.25) is 0 Å². The van der Waals surface area contributed by atoms with Gasteiger partial charge in [-0.05, 0) is 99.8 Å². The van der Waals surface area contributed by atoms with Crippen LogP contribution in [0.25, 0.3) is 0 Å². The van der Waals surface area contributed by atoms with Crippen molar-refractivity contribution in [2.45, 2.75) is 110 Å². The van der Waals surface area contributed by atoms with Crippen LogP contribution in [-0.4, -0.2) is 49.3 Å². The molecule has 6 aliphatic rings. The zero-order chi connectivity index (χ0) is 26.0. The van der Waals surface area contributed by atoms with Crippen LogP contribution < -0.4 is 5.32 Å². The van der Waals surface area contributed by atoms with E-state index >= 15 is 0 Å². The minimum absolute atomic E-state index is 0.0572. The molecule has 4 aliphatic carbocycles. The van der Waals surface area contributed by atoms with Crippen LogP contribution in [0.5, 0.6) is 0 Å². The van der Waals surface area contributed by atoms with Gasteiger partial charge in [0, 0.05) is 24.8 Å². The second kappa shape index (κ2) is 9.46. The summed E-state index contributed by atoms with van der Waals surface area (Å²) in [7, 11) is -3.67. The molecule has 36 heavy (non-hydrogen) atoms. The summed E-state index contributed by atoms with van der Waals surface area (Å²) in [6.07, 6.45) is 12.9. The van der Waals surface area contributed by atoms with E-state index in [-0.39, 0.29) is 5.60 Å². The first-order chi connectivity index (χ1) is 16.8. The highest BCUT2D eigenvalue weighted by Gasteiger charge is 2.59. The number of nitrogens with one attached hydrogen (secondary N) is 1. The lowest BCUT2D eigenvalue weighted by Gasteiger charge is -2.52. The van der Waals surface area contributed by atoms with Crippen molar-refractivity contribution >= 4 is 15.9 Å². The van der Waals surface area contributed by atoms with Gasteiger partial charge in [0.1, 0.15) is 5.78 Å². The number of fused-ring (bicyclic) bond motifs is 6. The summed E-state index contributed by atoms with van der Waals surface area (Å²) in [6, 6.07) is 0.550. The molecular weight excluding hydrogens is 474 g/mol. The van der Waals surface area contributed by atoms with Crippen molar-refractivity contribution in [3.63, 3.8) is 0 Å². The Morgan fingerprint density at radius 1 is 1.11 bits per heavy atom. The molecule has 10 atom stereocenters. The monoisotopic (exact) mass is 521 g/mol. The maximum absolute atomic E-state index is 12.2. The number of Topliss-reactive ketones (excluding diaryl/α,β-unsaturated/α-hetero) is 1. The highest BCUT2D eigenvalue weighted by molar-refractivity contribution is 7.85. The van der Waals surface area contributed by atoms with Crippen molar-refractivity contribution in [1.82, 2.24) is 5.32 Å². The molecular formula is C29H47NO5S. The third-order valence-corrected chi connectivity index (χ3v) is 11.4. The van der Waals surface area contributed by atoms with Crippen molar-refractivity contribution in [2.24, 2.45) is 40.9 Å². The Hall–Kier alpha value is -0.760. The Morgan fingerprint density at radius 3 is 2.56 bits per heavy atom. The SMILES string of the molecule is CC1=C2C[C@H]3[C@@H](CC[C@H]4CC(=O)CC[C@@]43C)[C@@H]2CC[C@@]2(C1)O[C@@H]1C[C@H](C)CN[C@H]1[C@H]2C.CS(=O)(=O)O. The Morgan fingerprint density at radius 2 is 1.83 bits per heavy atom. The molecule has 1 spiro atoms. The van der Waals surface area contributed by atoms with Gasteiger partial charge in [0.25, 0.3) is 10.1 Å². The Labute approximate surface area is 218 Å². The first-order valence-electron chi connectivity index (χ1n) is 14.3. The van der Waals surface area contributed by atoms with E-state index in [1.807, 2.05) is 5.57 Å². The highest BCUT2D eigenvalue weighted by atomic mass is 32.2. The van der Waals surface area contributed by atoms with E-state index in [9.17, 15) is 13.2 Å². The van der Waals surface area contributed by atoms with Crippen molar-refractivity contribution in [1.29, 1.82) is 0 Å². The average Bonchev–Trinajstić information content (AvgIpc) is 3.23. The first kappa shape index (κ1) is 26.8. The molecule has 2 aliphatic heterocycles. The maximum atomic E-state index is 12.2. The molecule has 3 saturated carbocycles. The highest BCUT2D eigenvalue weighted by Crippen LogP contribution is 2.65. The van der Waals surface area contributed by atoms with Crippen molar-refractivity contribution in [3.05, 3.63) is 11.1 Å². The standard InChI is InChI=1S/C28H43NO2.CH4O3S/c1-16-11-25-26(29-15-16)18(3)28(31-25)10-8-21-22-6-5-19-12-20(30)7-9-27(19,4)24(22)13-23(21)17(2)14-28;1-5(2,3)4/h16,18-19,21-22,24-26,29H,5-15H2,1-4H3;1H3,(H,2,3,4)/t16-,18+,19-,21-,22-,24-,25+,26-,27-,28-;/m0./s1. The van der Waals surface area contributed by atoms with Gasteiger partial charge < -0.3 is 10.1 Å². The summed E-state index contributed by atoms with van der Waals surface area (Å²) in [5.74, 6) is 4.97. The topological polar surface area (TPSA) is 92.7 Å². The van der Waals surface area contributed by atoms with E-state index in [0.717, 1.165) is 55.9 Å². The molecule has 2 N–H and O–H groups in total. The van der Waals surface area contributed by atoms with E-state index in [2.05, 4.69) is 33.0 Å². The van der Waals surface area contributed by atoms with Gasteiger partial charge in [-0.15, -0.1) is 0 Å². The molecule has 6 nitrogen and oxygen atoms in total. The van der Waals surface area contributed by atoms with E-state index in [0.29, 0.717) is 41.4 Å². The number of rotatable bonds is 0. The molecule has 0 aromatic rings. The van der Waals surface area contributed by atoms with Gasteiger partial charge in [0.2, 0.25) is 0 Å². The van der Waals surface area contributed by atoms with Gasteiger partial charge in [-0.1, -0.05) is 31.9 Å². The van der Waals surface area contributed by atoms with E-state index in [1.54, 1.807) is 5.57 Å². The summed E-state index contributed by atoms with van der Waals surface area (Å²) in [6.45, 7) is 11.0. The Bertz CT molecular complexity index is 1010. The van der Waals surface area contributed by atoms with Crippen molar-refractivity contribution < 1.29 is 22.5 Å². The van der Waals surface area contributed by atoms with Crippen LogP contribution in [0, 0.1) is 40.9 Å². The third kappa shape index (κ3) is 4.76. The number of allylic oxidation sites excluding steroid dienone is 1. The van der Waals surface area contributed by atoms with E-state index in [4.69, 9.17) is 9.29 Å². The first-order valence-corrected chi connectivity index (χ1v) is 16.2. The number of carbonyl (C=O) groups is 1. The van der Waals surface area contributed by atoms with E-state index < -0.39 is 10.1 Å². The van der Waals surface area contributed by atoms with Gasteiger partial charge in [0.05, 0.1) is 18.0 Å². The normalized spacial score (nSPS) is 48.3. The molecule has 2 heterocycles. The number of piperidine rings is 1. The molecule has 0 aromatic carbocycles. The predicted octanol–water partition coefficient (Wildman–Crippen LogP) is 5.18. The summed E-state index contributed by atoms with van der Waals surface area (Å²) in [5.41, 5.74) is 3.95. The Kier molecular flexibility index (Phi) is 7.05. The van der Waals surface area contributed by atoms with Crippen LogP contribution in [0.15, 0.2) is 11.1 Å². The maximum Gasteiger partial charge on any atom is 0.261 e. The molecule has 7 heteroatoms.